The van der Waals surface area contributed by atoms with Crippen molar-refractivity contribution in [3.05, 3.63) is 35.5 Å². The molecule has 5 N–H and O–H groups in total. The molecule has 3 aliphatic rings. The van der Waals surface area contributed by atoms with Gasteiger partial charge in [0.15, 0.2) is 0 Å². The highest BCUT2D eigenvalue weighted by molar-refractivity contribution is 5.85. The molecule has 2 aromatic rings. The van der Waals surface area contributed by atoms with Crippen LogP contribution in [0.3, 0.4) is 0 Å². The molecule has 6 nitrogen and oxygen atoms in total. The molecular weight excluding hydrogens is 364 g/mol. The van der Waals surface area contributed by atoms with Crippen LogP contribution in [0.5, 0.6) is 0 Å². The van der Waals surface area contributed by atoms with Crippen molar-refractivity contribution in [2.24, 2.45) is 23.5 Å². The van der Waals surface area contributed by atoms with Crippen molar-refractivity contribution in [1.29, 1.82) is 0 Å². The highest BCUT2D eigenvalue weighted by atomic mass is 16.3. The molecule has 156 valence electrons. The smallest absolute Gasteiger partial charge is 0.226 e. The maximum atomic E-state index is 13.0. The summed E-state index contributed by atoms with van der Waals surface area (Å²) in [7, 11) is 0. The molecule has 0 spiro atoms. The van der Waals surface area contributed by atoms with Crippen LogP contribution in [0.2, 0.25) is 0 Å². The first-order valence-corrected chi connectivity index (χ1v) is 11.2. The zero-order valence-electron chi connectivity index (χ0n) is 16.9. The van der Waals surface area contributed by atoms with Gasteiger partial charge in [0.25, 0.3) is 0 Å². The fourth-order valence-corrected chi connectivity index (χ4v) is 6.14. The van der Waals surface area contributed by atoms with Gasteiger partial charge in [-0.3, -0.25) is 9.69 Å². The highest BCUT2D eigenvalue weighted by Crippen LogP contribution is 2.49. The lowest BCUT2D eigenvalue weighted by molar-refractivity contribution is -0.139. The number of nitrogens with zero attached hydrogens (tertiary/aromatic N) is 1. The summed E-state index contributed by atoms with van der Waals surface area (Å²) in [5, 5.41) is 15.1. The first-order valence-electron chi connectivity index (χ1n) is 11.2. The number of nitrogens with two attached hydrogens (primary N) is 1. The van der Waals surface area contributed by atoms with Gasteiger partial charge in [0.2, 0.25) is 5.91 Å². The second-order valence-electron chi connectivity index (χ2n) is 9.09. The highest BCUT2D eigenvalue weighted by Gasteiger charge is 2.49. The number of aromatic amines is 1. The Labute approximate surface area is 171 Å². The molecule has 1 amide bonds. The number of piperidine rings is 1. The molecule has 6 heteroatoms. The van der Waals surface area contributed by atoms with E-state index in [1.54, 1.807) is 0 Å². The zero-order valence-corrected chi connectivity index (χ0v) is 16.9. The summed E-state index contributed by atoms with van der Waals surface area (Å²) in [6.45, 7) is 3.28. The average Bonchev–Trinajstić information content (AvgIpc) is 3.11. The molecule has 0 bridgehead atoms. The van der Waals surface area contributed by atoms with Crippen molar-refractivity contribution in [2.45, 2.75) is 44.2 Å². The van der Waals surface area contributed by atoms with Crippen LogP contribution >= 0.6 is 0 Å². The zero-order chi connectivity index (χ0) is 20.0. The number of carbonyl (C=O) groups is 1. The molecule has 1 aromatic carbocycles. The Balaban J connectivity index is 1.43. The molecule has 1 unspecified atom stereocenters. The Bertz CT molecular complexity index is 894. The molecule has 5 atom stereocenters. The Morgan fingerprint density at radius 3 is 3.03 bits per heavy atom. The number of carbonyl (C=O) groups excluding carboxylic acids is 1. The van der Waals surface area contributed by atoms with Crippen LogP contribution in [-0.4, -0.2) is 53.2 Å². The number of H-pyrrole nitrogens is 1. The quantitative estimate of drug-likeness (QED) is 0.594. The number of aliphatic hydroxyl groups excluding tert-OH is 1. The lowest BCUT2D eigenvalue weighted by Crippen LogP contribution is -2.55. The first-order chi connectivity index (χ1) is 14.2. The van der Waals surface area contributed by atoms with E-state index in [1.807, 2.05) is 0 Å². The third kappa shape index (κ3) is 3.27. The van der Waals surface area contributed by atoms with E-state index in [0.717, 1.165) is 45.2 Å². The van der Waals surface area contributed by atoms with E-state index in [0.29, 0.717) is 25.0 Å². The number of aliphatic hydroxyl groups is 1. The van der Waals surface area contributed by atoms with Gasteiger partial charge in [-0.2, -0.15) is 0 Å². The molecule has 29 heavy (non-hydrogen) atoms. The summed E-state index contributed by atoms with van der Waals surface area (Å²) in [6.07, 6.45) is 4.01. The summed E-state index contributed by atoms with van der Waals surface area (Å²) >= 11 is 0. The van der Waals surface area contributed by atoms with Crippen LogP contribution in [0, 0.1) is 17.8 Å². The van der Waals surface area contributed by atoms with Gasteiger partial charge in [-0.25, -0.2) is 0 Å². The molecule has 1 saturated heterocycles. The Morgan fingerprint density at radius 1 is 1.31 bits per heavy atom. The van der Waals surface area contributed by atoms with Crippen LogP contribution in [0.4, 0.5) is 0 Å². The van der Waals surface area contributed by atoms with Crippen molar-refractivity contribution in [3.8, 4) is 0 Å². The Hall–Kier alpha value is -1.89. The minimum Gasteiger partial charge on any atom is -0.392 e. The molecule has 5 rings (SSSR count). The van der Waals surface area contributed by atoms with Gasteiger partial charge in [0.1, 0.15) is 0 Å². The number of benzene rings is 1. The SMILES string of the molecule is NCCCNC(=O)[C@@H]1C2C[C@H]3c4[nH]c5ccccc5c4CCN3C[C@@H]2CC[C@@H]1O. The van der Waals surface area contributed by atoms with Gasteiger partial charge < -0.3 is 21.1 Å². The van der Waals surface area contributed by atoms with Gasteiger partial charge in [-0.15, -0.1) is 0 Å². The van der Waals surface area contributed by atoms with Crippen molar-refractivity contribution >= 4 is 16.8 Å². The molecule has 1 saturated carbocycles. The predicted octanol–water partition coefficient (Wildman–Crippen LogP) is 1.94. The summed E-state index contributed by atoms with van der Waals surface area (Å²) in [5.41, 5.74) is 9.55. The van der Waals surface area contributed by atoms with E-state index in [9.17, 15) is 9.90 Å². The number of nitrogens with one attached hydrogen (secondary N) is 2. The van der Waals surface area contributed by atoms with E-state index in [-0.39, 0.29) is 17.7 Å². The maximum Gasteiger partial charge on any atom is 0.226 e. The average molecular weight is 397 g/mol. The number of rotatable bonds is 4. The van der Waals surface area contributed by atoms with Crippen LogP contribution < -0.4 is 11.1 Å². The van der Waals surface area contributed by atoms with Gasteiger partial charge in [0.05, 0.1) is 18.1 Å². The number of fused-ring (bicyclic) bond motifs is 6. The third-order valence-corrected chi connectivity index (χ3v) is 7.53. The number of hydrogen-bond acceptors (Lipinski definition) is 4. The molecule has 3 heterocycles. The molecule has 2 aliphatic heterocycles. The molecular formula is C23H32N4O2. The second kappa shape index (κ2) is 7.74. The normalized spacial score (nSPS) is 31.7. The summed E-state index contributed by atoms with van der Waals surface area (Å²) in [4.78, 5) is 19.3. The minimum absolute atomic E-state index is 0.0155. The summed E-state index contributed by atoms with van der Waals surface area (Å²) < 4.78 is 0. The monoisotopic (exact) mass is 396 g/mol. The van der Waals surface area contributed by atoms with E-state index >= 15 is 0 Å². The van der Waals surface area contributed by atoms with Gasteiger partial charge >= 0.3 is 0 Å². The van der Waals surface area contributed by atoms with Crippen LogP contribution in [0.25, 0.3) is 10.9 Å². The minimum atomic E-state index is -0.536. The topological polar surface area (TPSA) is 94.4 Å². The van der Waals surface area contributed by atoms with Crippen LogP contribution in [-0.2, 0) is 11.2 Å². The van der Waals surface area contributed by atoms with Crippen molar-refractivity contribution in [3.63, 3.8) is 0 Å². The molecule has 0 radical (unpaired) electrons. The van der Waals surface area contributed by atoms with Crippen LogP contribution in [0.1, 0.15) is 43.0 Å². The second-order valence-corrected chi connectivity index (χ2v) is 9.09. The molecule has 1 aliphatic carbocycles. The maximum absolute atomic E-state index is 13.0. The van der Waals surface area contributed by atoms with E-state index in [2.05, 4.69) is 39.5 Å². The van der Waals surface area contributed by atoms with Crippen LogP contribution in [0.15, 0.2) is 24.3 Å². The van der Waals surface area contributed by atoms with Gasteiger partial charge in [-0.1, -0.05) is 18.2 Å². The lowest BCUT2D eigenvalue weighted by atomic mass is 9.64. The summed E-state index contributed by atoms with van der Waals surface area (Å²) in [5.74, 6) is 0.436. The number of hydrogen-bond donors (Lipinski definition) is 4. The fraction of sp³-hybridized carbons (Fsp3) is 0.609. The first kappa shape index (κ1) is 19.1. The standard InChI is InChI=1S/C23H32N4O2/c24-9-3-10-25-23(29)21-17-12-19-22-16(15-4-1-2-5-18(15)26-22)8-11-27(19)13-14(17)6-7-20(21)28/h1-2,4-5,14,17,19-21,26,28H,3,6-13,24H2,(H,25,29)/t14-,17?,19-,20-,21+/m0/s1. The molecule has 2 fully saturated rings. The van der Waals surface area contributed by atoms with Crippen molar-refractivity contribution < 1.29 is 9.90 Å². The van der Waals surface area contributed by atoms with Gasteiger partial charge in [0, 0.05) is 36.2 Å². The van der Waals surface area contributed by atoms with E-state index in [4.69, 9.17) is 5.73 Å². The van der Waals surface area contributed by atoms with Crippen molar-refractivity contribution in [1.82, 2.24) is 15.2 Å². The predicted molar refractivity (Wildman–Crippen MR) is 113 cm³/mol. The fourth-order valence-electron chi connectivity index (χ4n) is 6.14. The Morgan fingerprint density at radius 2 is 2.17 bits per heavy atom. The Kier molecular flexibility index (Phi) is 5.10. The lowest BCUT2D eigenvalue weighted by Gasteiger charge is -2.51. The largest absolute Gasteiger partial charge is 0.392 e. The third-order valence-electron chi connectivity index (χ3n) is 7.53. The van der Waals surface area contributed by atoms with E-state index < -0.39 is 6.10 Å². The number of para-hydroxylation sites is 1. The number of amides is 1. The van der Waals surface area contributed by atoms with Gasteiger partial charge in [-0.05, 0) is 62.1 Å². The van der Waals surface area contributed by atoms with E-state index in [1.165, 1.54) is 22.2 Å². The summed E-state index contributed by atoms with van der Waals surface area (Å²) in [6, 6.07) is 8.88. The van der Waals surface area contributed by atoms with Crippen molar-refractivity contribution in [2.75, 3.05) is 26.2 Å². The molecule has 1 aromatic heterocycles. The number of aromatic nitrogens is 1.